The number of carbonyl (C=O) groups is 1. The van der Waals surface area contributed by atoms with Gasteiger partial charge in [0.05, 0.1) is 0 Å². The van der Waals surface area contributed by atoms with Gasteiger partial charge in [0.25, 0.3) is 0 Å². The molecule has 0 fully saturated rings. The maximum Gasteiger partial charge on any atom is 0.123 e. The molecule has 0 N–H and O–H groups in total. The van der Waals surface area contributed by atoms with Crippen molar-refractivity contribution in [3.05, 3.63) is 22.7 Å². The zero-order chi connectivity index (χ0) is 9.82. The molecule has 1 nitrogen and oxygen atoms in total. The lowest BCUT2D eigenvalue weighted by molar-refractivity contribution is -0.107. The number of rotatable bonds is 3. The molecule has 0 aliphatic rings. The predicted molar refractivity (Wildman–Crippen MR) is 58.5 cm³/mol. The van der Waals surface area contributed by atoms with E-state index in [4.69, 9.17) is 0 Å². The molecule has 0 aromatic carbocycles. The molecule has 0 unspecified atom stereocenters. The highest BCUT2D eigenvalue weighted by Gasteiger charge is 1.77. The van der Waals surface area contributed by atoms with Crippen LogP contribution in [-0.2, 0) is 4.79 Å². The van der Waals surface area contributed by atoms with Gasteiger partial charge < -0.3 is 4.79 Å². The zero-order valence-electron chi connectivity index (χ0n) is 8.01. The fraction of sp³-hybridized carbons (Fsp3) is 0.500. The van der Waals surface area contributed by atoms with Crippen LogP contribution in [0.5, 0.6) is 0 Å². The zero-order valence-corrected chi connectivity index (χ0v) is 9.60. The van der Waals surface area contributed by atoms with Gasteiger partial charge in [-0.25, -0.2) is 0 Å². The van der Waals surface area contributed by atoms with Gasteiger partial charge in [-0.3, -0.25) is 0 Å². The molecule has 0 saturated heterocycles. The molecular formula is C10H17BrO. The third-order valence-electron chi connectivity index (χ3n) is 0.785. The minimum Gasteiger partial charge on any atom is -0.303 e. The summed E-state index contributed by atoms with van der Waals surface area (Å²) in [4.78, 5) is 9.79. The molecule has 0 bridgehead atoms. The van der Waals surface area contributed by atoms with Crippen LogP contribution in [0.4, 0.5) is 0 Å². The Morgan fingerprint density at radius 2 is 1.92 bits per heavy atom. The van der Waals surface area contributed by atoms with Crippen molar-refractivity contribution in [1.29, 1.82) is 0 Å². The van der Waals surface area contributed by atoms with E-state index in [1.165, 1.54) is 6.42 Å². The van der Waals surface area contributed by atoms with Crippen molar-refractivity contribution in [3.63, 3.8) is 0 Å². The number of halogens is 1. The highest BCUT2D eigenvalue weighted by molar-refractivity contribution is 9.11. The topological polar surface area (TPSA) is 17.1 Å². The van der Waals surface area contributed by atoms with Crippen molar-refractivity contribution >= 4 is 22.2 Å². The summed E-state index contributed by atoms with van der Waals surface area (Å²) in [7, 11) is 0. The molecule has 0 rings (SSSR count). The van der Waals surface area contributed by atoms with Crippen LogP contribution in [-0.4, -0.2) is 6.29 Å². The predicted octanol–water partition coefficient (Wildman–Crippen LogP) is 3.85. The molecule has 0 aliphatic carbocycles. The molecule has 0 amide bonds. The van der Waals surface area contributed by atoms with Gasteiger partial charge in [0.15, 0.2) is 0 Å². The molecule has 70 valence electrons. The first-order valence-corrected chi connectivity index (χ1v) is 4.94. The fourth-order valence-electron chi connectivity index (χ4n) is 0.332. The van der Waals surface area contributed by atoms with Gasteiger partial charge in [-0.15, -0.1) is 0 Å². The van der Waals surface area contributed by atoms with Gasteiger partial charge in [-0.1, -0.05) is 54.4 Å². The Hall–Kier alpha value is -0.370. The largest absolute Gasteiger partial charge is 0.303 e. The summed E-state index contributed by atoms with van der Waals surface area (Å²) in [5, 5.41) is 0. The van der Waals surface area contributed by atoms with E-state index in [-0.39, 0.29) is 0 Å². The molecule has 0 aromatic heterocycles. The van der Waals surface area contributed by atoms with Crippen LogP contribution < -0.4 is 0 Å². The summed E-state index contributed by atoms with van der Waals surface area (Å²) < 4.78 is 1.00. The third kappa shape index (κ3) is 16.3. The van der Waals surface area contributed by atoms with Crippen molar-refractivity contribution in [1.82, 2.24) is 0 Å². The SMILES string of the molecule is C/C=C(Br)\C=C/CC=O.CCC. The highest BCUT2D eigenvalue weighted by Crippen LogP contribution is 2.05. The smallest absolute Gasteiger partial charge is 0.123 e. The van der Waals surface area contributed by atoms with Crippen LogP contribution in [0, 0.1) is 0 Å². The van der Waals surface area contributed by atoms with E-state index in [1.54, 1.807) is 6.08 Å². The summed E-state index contributed by atoms with van der Waals surface area (Å²) in [5.41, 5.74) is 0. The lowest BCUT2D eigenvalue weighted by Gasteiger charge is -1.81. The van der Waals surface area contributed by atoms with Gasteiger partial charge in [-0.05, 0) is 6.92 Å². The van der Waals surface area contributed by atoms with Gasteiger partial charge in [0.1, 0.15) is 6.29 Å². The van der Waals surface area contributed by atoms with E-state index in [1.807, 2.05) is 19.1 Å². The molecule has 0 radical (unpaired) electrons. The maximum absolute atomic E-state index is 9.79. The summed E-state index contributed by atoms with van der Waals surface area (Å²) in [5.74, 6) is 0. The molecule has 2 heteroatoms. The third-order valence-corrected chi connectivity index (χ3v) is 1.51. The minimum atomic E-state index is 0.489. The van der Waals surface area contributed by atoms with E-state index in [9.17, 15) is 4.79 Å². The highest BCUT2D eigenvalue weighted by atomic mass is 79.9. The Morgan fingerprint density at radius 3 is 2.25 bits per heavy atom. The van der Waals surface area contributed by atoms with E-state index >= 15 is 0 Å². The van der Waals surface area contributed by atoms with Crippen molar-refractivity contribution < 1.29 is 4.79 Å². The van der Waals surface area contributed by atoms with E-state index in [2.05, 4.69) is 29.8 Å². The molecule has 0 heterocycles. The fourth-order valence-corrected chi connectivity index (χ4v) is 0.519. The molecule has 0 spiro atoms. The van der Waals surface area contributed by atoms with Crippen LogP contribution in [0.25, 0.3) is 0 Å². The number of carbonyl (C=O) groups excluding carboxylic acids is 1. The second-order valence-corrected chi connectivity index (χ2v) is 3.10. The van der Waals surface area contributed by atoms with Crippen molar-refractivity contribution in [2.24, 2.45) is 0 Å². The molecule has 0 saturated carbocycles. The Balaban J connectivity index is 0. The van der Waals surface area contributed by atoms with Crippen LogP contribution >= 0.6 is 15.9 Å². The molecule has 0 aromatic rings. The quantitative estimate of drug-likeness (QED) is 0.534. The van der Waals surface area contributed by atoms with Crippen molar-refractivity contribution in [3.8, 4) is 0 Å². The van der Waals surface area contributed by atoms with E-state index in [0.29, 0.717) is 6.42 Å². The van der Waals surface area contributed by atoms with Gasteiger partial charge in [-0.2, -0.15) is 0 Å². The lowest BCUT2D eigenvalue weighted by Crippen LogP contribution is -1.65. The standard InChI is InChI=1S/C7H9BrO.C3H8/c1-2-7(8)5-3-4-6-9;1-3-2/h2-3,5-6H,4H2,1H3;3H2,1-2H3/b5-3-,7-2+;. The van der Waals surface area contributed by atoms with Gasteiger partial charge in [0, 0.05) is 10.9 Å². The Morgan fingerprint density at radius 1 is 1.42 bits per heavy atom. The monoisotopic (exact) mass is 232 g/mol. The molecule has 12 heavy (non-hydrogen) atoms. The molecule has 0 atom stereocenters. The van der Waals surface area contributed by atoms with Crippen LogP contribution in [0.3, 0.4) is 0 Å². The number of hydrogen-bond acceptors (Lipinski definition) is 1. The lowest BCUT2D eigenvalue weighted by atomic mass is 10.4. The second kappa shape index (κ2) is 13.2. The number of aldehydes is 1. The normalized spacial score (nSPS) is 10.8. The number of hydrogen-bond donors (Lipinski definition) is 0. The first-order chi connectivity index (χ1) is 5.72. The van der Waals surface area contributed by atoms with E-state index < -0.39 is 0 Å². The Kier molecular flexibility index (Phi) is 15.6. The van der Waals surface area contributed by atoms with Gasteiger partial charge >= 0.3 is 0 Å². The summed E-state index contributed by atoms with van der Waals surface area (Å²) >= 11 is 3.27. The van der Waals surface area contributed by atoms with Crippen LogP contribution in [0.1, 0.15) is 33.6 Å². The summed E-state index contributed by atoms with van der Waals surface area (Å²) in [6.45, 7) is 6.18. The van der Waals surface area contributed by atoms with Crippen LogP contribution in [0.15, 0.2) is 22.7 Å². The summed E-state index contributed by atoms with van der Waals surface area (Å²) in [6, 6.07) is 0. The average Bonchev–Trinajstić information content (AvgIpc) is 2.06. The summed E-state index contributed by atoms with van der Waals surface area (Å²) in [6.07, 6.45) is 8.18. The molecule has 0 aliphatic heterocycles. The second-order valence-electron chi connectivity index (χ2n) is 2.19. The van der Waals surface area contributed by atoms with E-state index in [0.717, 1.165) is 10.8 Å². The Bertz CT molecular complexity index is 148. The first-order valence-electron chi connectivity index (χ1n) is 4.14. The minimum absolute atomic E-state index is 0.489. The molecular weight excluding hydrogens is 216 g/mol. The number of allylic oxidation sites excluding steroid dienone is 4. The maximum atomic E-state index is 9.79. The average molecular weight is 233 g/mol. The Labute approximate surface area is 83.7 Å². The van der Waals surface area contributed by atoms with Gasteiger partial charge in [0.2, 0.25) is 0 Å². The first kappa shape index (κ1) is 14.2. The van der Waals surface area contributed by atoms with Crippen molar-refractivity contribution in [2.75, 3.05) is 0 Å². The van der Waals surface area contributed by atoms with Crippen molar-refractivity contribution in [2.45, 2.75) is 33.6 Å². The van der Waals surface area contributed by atoms with Crippen LogP contribution in [0.2, 0.25) is 0 Å².